The van der Waals surface area contributed by atoms with Gasteiger partial charge in [0.15, 0.2) is 0 Å². The second kappa shape index (κ2) is 7.72. The minimum atomic E-state index is -0.464. The van der Waals surface area contributed by atoms with Crippen molar-refractivity contribution in [1.29, 1.82) is 0 Å². The molecule has 2 rings (SSSR count). The number of anilines is 1. The summed E-state index contributed by atoms with van der Waals surface area (Å²) in [5.41, 5.74) is 0.660. The van der Waals surface area contributed by atoms with Crippen LogP contribution >= 0.6 is 0 Å². The average molecular weight is 281 g/mol. The van der Waals surface area contributed by atoms with E-state index in [9.17, 15) is 4.79 Å². The van der Waals surface area contributed by atoms with Crippen molar-refractivity contribution in [1.82, 2.24) is 0 Å². The normalized spacial score (nSPS) is 18.4. The number of ether oxygens (including phenoxy) is 4. The fourth-order valence-electron chi connectivity index (χ4n) is 1.74. The summed E-state index contributed by atoms with van der Waals surface area (Å²) in [7, 11) is 0. The number of benzene rings is 1. The number of amides is 1. The van der Waals surface area contributed by atoms with Crippen LogP contribution in [0.25, 0.3) is 0 Å². The first-order valence-corrected chi connectivity index (χ1v) is 6.64. The van der Waals surface area contributed by atoms with Crippen LogP contribution in [0.1, 0.15) is 6.92 Å². The molecule has 1 aliphatic heterocycles. The van der Waals surface area contributed by atoms with Crippen molar-refractivity contribution < 1.29 is 23.7 Å². The molecule has 0 aliphatic carbocycles. The first-order chi connectivity index (χ1) is 9.78. The minimum Gasteiger partial charge on any atom is -0.491 e. The van der Waals surface area contributed by atoms with Gasteiger partial charge in [-0.1, -0.05) is 0 Å². The van der Waals surface area contributed by atoms with Crippen LogP contribution in [0.5, 0.6) is 5.75 Å². The maximum atomic E-state index is 11.2. The second-order valence-electron chi connectivity index (χ2n) is 4.25. The zero-order valence-electron chi connectivity index (χ0n) is 11.5. The molecule has 0 radical (unpaired) electrons. The van der Waals surface area contributed by atoms with E-state index in [4.69, 9.17) is 18.9 Å². The summed E-state index contributed by atoms with van der Waals surface area (Å²) < 4.78 is 21.2. The van der Waals surface area contributed by atoms with Crippen LogP contribution in [0.2, 0.25) is 0 Å². The smallest absolute Gasteiger partial charge is 0.411 e. The summed E-state index contributed by atoms with van der Waals surface area (Å²) in [6.07, 6.45) is -0.491. The van der Waals surface area contributed by atoms with Gasteiger partial charge in [-0.25, -0.2) is 4.79 Å². The van der Waals surface area contributed by atoms with E-state index in [1.807, 2.05) is 0 Å². The van der Waals surface area contributed by atoms with Crippen LogP contribution in [0.15, 0.2) is 24.3 Å². The molecule has 0 aromatic heterocycles. The summed E-state index contributed by atoms with van der Waals surface area (Å²) in [6, 6.07) is 7.07. The third-order valence-electron chi connectivity index (χ3n) is 2.70. The highest BCUT2D eigenvalue weighted by atomic mass is 16.6. The Morgan fingerprint density at radius 3 is 2.80 bits per heavy atom. The van der Waals surface area contributed by atoms with Crippen LogP contribution in [-0.2, 0) is 14.2 Å². The van der Waals surface area contributed by atoms with Gasteiger partial charge in [0.2, 0.25) is 0 Å². The number of rotatable bonds is 5. The van der Waals surface area contributed by atoms with E-state index >= 15 is 0 Å². The number of carbonyl (C=O) groups is 1. The molecule has 1 amide bonds. The summed E-state index contributed by atoms with van der Waals surface area (Å²) >= 11 is 0. The molecule has 0 bridgehead atoms. The number of nitrogens with one attached hydrogen (secondary N) is 1. The Hall–Kier alpha value is -1.79. The van der Waals surface area contributed by atoms with Gasteiger partial charge in [-0.05, 0) is 31.2 Å². The van der Waals surface area contributed by atoms with Gasteiger partial charge in [0.1, 0.15) is 18.5 Å². The molecule has 1 heterocycles. The van der Waals surface area contributed by atoms with Gasteiger partial charge >= 0.3 is 6.09 Å². The quantitative estimate of drug-likeness (QED) is 0.894. The molecular weight excluding hydrogens is 262 g/mol. The molecule has 6 nitrogen and oxygen atoms in total. The molecule has 6 heteroatoms. The van der Waals surface area contributed by atoms with Crippen molar-refractivity contribution in [3.05, 3.63) is 24.3 Å². The van der Waals surface area contributed by atoms with Crippen LogP contribution < -0.4 is 10.1 Å². The molecule has 1 fully saturated rings. The van der Waals surface area contributed by atoms with Crippen LogP contribution in [0.4, 0.5) is 10.5 Å². The molecule has 1 atom stereocenters. The highest BCUT2D eigenvalue weighted by Crippen LogP contribution is 2.16. The molecule has 1 N–H and O–H groups in total. The molecule has 1 aliphatic rings. The van der Waals surface area contributed by atoms with Crippen molar-refractivity contribution in [3.8, 4) is 5.75 Å². The van der Waals surface area contributed by atoms with E-state index in [-0.39, 0.29) is 6.10 Å². The maximum Gasteiger partial charge on any atom is 0.411 e. The molecule has 1 aromatic carbocycles. The lowest BCUT2D eigenvalue weighted by molar-refractivity contribution is -0.101. The van der Waals surface area contributed by atoms with Gasteiger partial charge in [0.25, 0.3) is 0 Å². The Labute approximate surface area is 118 Å². The van der Waals surface area contributed by atoms with Crippen LogP contribution in [-0.4, -0.2) is 45.2 Å². The molecule has 20 heavy (non-hydrogen) atoms. The summed E-state index contributed by atoms with van der Waals surface area (Å²) in [5, 5.41) is 2.61. The lowest BCUT2D eigenvalue weighted by Crippen LogP contribution is -2.33. The topological polar surface area (TPSA) is 66.0 Å². The van der Waals surface area contributed by atoms with E-state index in [0.29, 0.717) is 44.5 Å². The molecule has 0 saturated carbocycles. The van der Waals surface area contributed by atoms with Gasteiger partial charge < -0.3 is 18.9 Å². The highest BCUT2D eigenvalue weighted by molar-refractivity contribution is 5.84. The van der Waals surface area contributed by atoms with Gasteiger partial charge in [-0.15, -0.1) is 0 Å². The predicted molar refractivity (Wildman–Crippen MR) is 73.1 cm³/mol. The summed E-state index contributed by atoms with van der Waals surface area (Å²) in [6.45, 7) is 4.36. The zero-order valence-corrected chi connectivity index (χ0v) is 11.5. The van der Waals surface area contributed by atoms with Crippen molar-refractivity contribution in [2.24, 2.45) is 0 Å². The maximum absolute atomic E-state index is 11.2. The van der Waals surface area contributed by atoms with Crippen LogP contribution in [0, 0.1) is 0 Å². The standard InChI is InChI=1S/C14H19NO5/c1-2-18-14(16)15-11-3-5-12(6-4-11)20-10-13-9-17-7-8-19-13/h3-6,13H,2,7-10H2,1H3,(H,15,16). The van der Waals surface area contributed by atoms with Gasteiger partial charge in [-0.2, -0.15) is 0 Å². The van der Waals surface area contributed by atoms with Crippen molar-refractivity contribution in [2.75, 3.05) is 38.4 Å². The number of carbonyl (C=O) groups excluding carboxylic acids is 1. The fraction of sp³-hybridized carbons (Fsp3) is 0.500. The van der Waals surface area contributed by atoms with Crippen LogP contribution in [0.3, 0.4) is 0 Å². The van der Waals surface area contributed by atoms with E-state index in [0.717, 1.165) is 0 Å². The first-order valence-electron chi connectivity index (χ1n) is 6.64. The van der Waals surface area contributed by atoms with Gasteiger partial charge in [0.05, 0.1) is 26.4 Å². The van der Waals surface area contributed by atoms with E-state index < -0.39 is 6.09 Å². The Balaban J connectivity index is 1.77. The molecule has 1 saturated heterocycles. The van der Waals surface area contributed by atoms with E-state index in [1.165, 1.54) is 0 Å². The van der Waals surface area contributed by atoms with E-state index in [2.05, 4.69) is 5.32 Å². The molecule has 110 valence electrons. The molecular formula is C14H19NO5. The van der Waals surface area contributed by atoms with Crippen molar-refractivity contribution in [3.63, 3.8) is 0 Å². The lowest BCUT2D eigenvalue weighted by atomic mass is 10.3. The monoisotopic (exact) mass is 281 g/mol. The fourth-order valence-corrected chi connectivity index (χ4v) is 1.74. The lowest BCUT2D eigenvalue weighted by Gasteiger charge is -2.22. The number of hydrogen-bond acceptors (Lipinski definition) is 5. The van der Waals surface area contributed by atoms with E-state index in [1.54, 1.807) is 31.2 Å². The third-order valence-corrected chi connectivity index (χ3v) is 2.70. The van der Waals surface area contributed by atoms with Gasteiger partial charge in [0, 0.05) is 5.69 Å². The number of hydrogen-bond donors (Lipinski definition) is 1. The predicted octanol–water partition coefficient (Wildman–Crippen LogP) is 2.05. The SMILES string of the molecule is CCOC(=O)Nc1ccc(OCC2COCCO2)cc1. The Kier molecular flexibility index (Phi) is 5.64. The first kappa shape index (κ1) is 14.6. The minimum absolute atomic E-state index is 0.0268. The van der Waals surface area contributed by atoms with Crippen molar-refractivity contribution >= 4 is 11.8 Å². The van der Waals surface area contributed by atoms with Crippen molar-refractivity contribution in [2.45, 2.75) is 13.0 Å². The Bertz CT molecular complexity index is 414. The second-order valence-corrected chi connectivity index (χ2v) is 4.25. The van der Waals surface area contributed by atoms with Gasteiger partial charge in [-0.3, -0.25) is 5.32 Å². The summed E-state index contributed by atoms with van der Waals surface area (Å²) in [4.78, 5) is 11.2. The average Bonchev–Trinajstić information content (AvgIpc) is 2.48. The highest BCUT2D eigenvalue weighted by Gasteiger charge is 2.14. The Morgan fingerprint density at radius 2 is 2.15 bits per heavy atom. The Morgan fingerprint density at radius 1 is 1.35 bits per heavy atom. The third kappa shape index (κ3) is 4.71. The largest absolute Gasteiger partial charge is 0.491 e. The molecule has 1 unspecified atom stereocenters. The molecule has 0 spiro atoms. The molecule has 1 aromatic rings. The zero-order chi connectivity index (χ0) is 14.2. The summed E-state index contributed by atoms with van der Waals surface area (Å²) in [5.74, 6) is 0.716.